The molecule has 7 nitrogen and oxygen atoms in total. The van der Waals surface area contributed by atoms with Crippen molar-refractivity contribution >= 4 is 39.3 Å². The van der Waals surface area contributed by atoms with Crippen molar-refractivity contribution < 1.29 is 18.0 Å². The SMILES string of the molecule is CC1CCN(S(=O)(=O)c2ccc(C(=O)Nc3ccccc3SCC(N)=O)cc2)CC1. The third-order valence-corrected chi connectivity index (χ3v) is 8.01. The van der Waals surface area contributed by atoms with Crippen LogP contribution in [0.15, 0.2) is 58.3 Å². The smallest absolute Gasteiger partial charge is 0.255 e. The molecule has 0 aliphatic carbocycles. The largest absolute Gasteiger partial charge is 0.369 e. The van der Waals surface area contributed by atoms with Gasteiger partial charge in [-0.15, -0.1) is 11.8 Å². The second-order valence-corrected chi connectivity index (χ2v) is 10.3. The second kappa shape index (κ2) is 9.63. The number of carbonyl (C=O) groups excluding carboxylic acids is 2. The molecule has 160 valence electrons. The highest BCUT2D eigenvalue weighted by Crippen LogP contribution is 2.28. The fourth-order valence-electron chi connectivity index (χ4n) is 3.19. The monoisotopic (exact) mass is 447 g/mol. The van der Waals surface area contributed by atoms with E-state index in [0.717, 1.165) is 17.7 Å². The number of hydrogen-bond donors (Lipinski definition) is 2. The first-order chi connectivity index (χ1) is 14.3. The highest BCUT2D eigenvalue weighted by atomic mass is 32.2. The first-order valence-corrected chi connectivity index (χ1v) is 12.1. The highest BCUT2D eigenvalue weighted by molar-refractivity contribution is 8.00. The van der Waals surface area contributed by atoms with Crippen molar-refractivity contribution in [3.63, 3.8) is 0 Å². The molecule has 1 aliphatic heterocycles. The van der Waals surface area contributed by atoms with Crippen LogP contribution in [0.1, 0.15) is 30.1 Å². The zero-order valence-corrected chi connectivity index (χ0v) is 18.3. The molecule has 3 N–H and O–H groups in total. The summed E-state index contributed by atoms with van der Waals surface area (Å²) in [5.74, 6) is -0.167. The Morgan fingerprint density at radius 1 is 1.10 bits per heavy atom. The molecular weight excluding hydrogens is 422 g/mol. The maximum atomic E-state index is 12.8. The molecule has 0 atom stereocenters. The van der Waals surface area contributed by atoms with E-state index >= 15 is 0 Å². The zero-order chi connectivity index (χ0) is 21.7. The maximum Gasteiger partial charge on any atom is 0.255 e. The number of hydrogen-bond acceptors (Lipinski definition) is 5. The van der Waals surface area contributed by atoms with Gasteiger partial charge in [-0.1, -0.05) is 19.1 Å². The Bertz CT molecular complexity index is 1010. The summed E-state index contributed by atoms with van der Waals surface area (Å²) < 4.78 is 27.2. The number of nitrogens with one attached hydrogen (secondary N) is 1. The minimum atomic E-state index is -3.55. The number of rotatable bonds is 7. The summed E-state index contributed by atoms with van der Waals surface area (Å²) >= 11 is 1.24. The summed E-state index contributed by atoms with van der Waals surface area (Å²) in [5, 5.41) is 2.81. The van der Waals surface area contributed by atoms with Crippen LogP contribution in [-0.4, -0.2) is 43.4 Å². The number of primary amides is 1. The molecule has 1 fully saturated rings. The Labute approximate surface area is 181 Å². The zero-order valence-electron chi connectivity index (χ0n) is 16.7. The molecule has 2 aromatic rings. The van der Waals surface area contributed by atoms with Crippen molar-refractivity contribution in [1.82, 2.24) is 4.31 Å². The second-order valence-electron chi connectivity index (χ2n) is 7.32. The topological polar surface area (TPSA) is 110 Å². The summed E-state index contributed by atoms with van der Waals surface area (Å²) in [6.07, 6.45) is 1.71. The van der Waals surface area contributed by atoms with Crippen LogP contribution in [0.3, 0.4) is 0 Å². The van der Waals surface area contributed by atoms with Gasteiger partial charge in [-0.25, -0.2) is 8.42 Å². The van der Waals surface area contributed by atoms with Crippen LogP contribution in [-0.2, 0) is 14.8 Å². The standard InChI is InChI=1S/C21H25N3O4S2/c1-15-10-12-24(13-11-15)30(27,28)17-8-6-16(7-9-17)21(26)23-18-4-2-3-5-19(18)29-14-20(22)25/h2-9,15H,10-14H2,1H3,(H2,22,25)(H,23,26). The van der Waals surface area contributed by atoms with Gasteiger partial charge >= 0.3 is 0 Å². The average molecular weight is 448 g/mol. The summed E-state index contributed by atoms with van der Waals surface area (Å²) in [7, 11) is -3.55. The Kier molecular flexibility index (Phi) is 7.17. The molecule has 9 heteroatoms. The third-order valence-electron chi connectivity index (χ3n) is 5.00. The van der Waals surface area contributed by atoms with Crippen LogP contribution < -0.4 is 11.1 Å². The molecule has 1 heterocycles. The van der Waals surface area contributed by atoms with E-state index < -0.39 is 15.9 Å². The number of para-hydroxylation sites is 1. The quantitative estimate of drug-likeness (QED) is 0.634. The average Bonchev–Trinajstić information content (AvgIpc) is 2.73. The number of amides is 2. The molecule has 0 aromatic heterocycles. The molecule has 0 bridgehead atoms. The van der Waals surface area contributed by atoms with E-state index in [1.165, 1.54) is 40.3 Å². The van der Waals surface area contributed by atoms with Gasteiger partial charge in [-0.3, -0.25) is 9.59 Å². The number of thioether (sulfide) groups is 1. The van der Waals surface area contributed by atoms with Crippen molar-refractivity contribution in [2.24, 2.45) is 11.7 Å². The Hall–Kier alpha value is -2.36. The number of nitrogens with zero attached hydrogens (tertiary/aromatic N) is 1. The summed E-state index contributed by atoms with van der Waals surface area (Å²) in [5.41, 5.74) is 6.10. The molecule has 2 amide bonds. The Morgan fingerprint density at radius 3 is 2.37 bits per heavy atom. The molecule has 1 saturated heterocycles. The van der Waals surface area contributed by atoms with Crippen molar-refractivity contribution in [3.05, 3.63) is 54.1 Å². The van der Waals surface area contributed by atoms with Crippen molar-refractivity contribution in [1.29, 1.82) is 0 Å². The van der Waals surface area contributed by atoms with Crippen LogP contribution in [0, 0.1) is 5.92 Å². The molecule has 2 aromatic carbocycles. The number of anilines is 1. The van der Waals surface area contributed by atoms with E-state index in [1.807, 2.05) is 0 Å². The van der Waals surface area contributed by atoms with E-state index in [9.17, 15) is 18.0 Å². The summed E-state index contributed by atoms with van der Waals surface area (Å²) in [6, 6.07) is 13.1. The number of sulfonamides is 1. The predicted octanol–water partition coefficient (Wildman–Crippen LogP) is 2.94. The number of piperidine rings is 1. The molecule has 30 heavy (non-hydrogen) atoms. The van der Waals surface area contributed by atoms with E-state index in [0.29, 0.717) is 30.3 Å². The van der Waals surface area contributed by atoms with Gasteiger partial charge < -0.3 is 11.1 Å². The summed E-state index contributed by atoms with van der Waals surface area (Å²) in [4.78, 5) is 24.6. The van der Waals surface area contributed by atoms with E-state index in [2.05, 4.69) is 12.2 Å². The fraction of sp³-hybridized carbons (Fsp3) is 0.333. The first-order valence-electron chi connectivity index (χ1n) is 9.69. The molecule has 3 rings (SSSR count). The molecule has 1 aliphatic rings. The third kappa shape index (κ3) is 5.41. The van der Waals surface area contributed by atoms with Crippen LogP contribution >= 0.6 is 11.8 Å². The molecule has 0 unspecified atom stereocenters. The van der Waals surface area contributed by atoms with Crippen LogP contribution in [0.4, 0.5) is 5.69 Å². The maximum absolute atomic E-state index is 12.8. The van der Waals surface area contributed by atoms with Crippen molar-refractivity contribution in [2.45, 2.75) is 29.6 Å². The van der Waals surface area contributed by atoms with E-state index in [1.54, 1.807) is 24.3 Å². The van der Waals surface area contributed by atoms with Gasteiger partial charge in [-0.2, -0.15) is 4.31 Å². The number of benzene rings is 2. The predicted molar refractivity (Wildman–Crippen MR) is 118 cm³/mol. The minimum Gasteiger partial charge on any atom is -0.369 e. The van der Waals surface area contributed by atoms with Crippen LogP contribution in [0.5, 0.6) is 0 Å². The lowest BCUT2D eigenvalue weighted by Crippen LogP contribution is -2.37. The van der Waals surface area contributed by atoms with Gasteiger partial charge in [0.05, 0.1) is 16.3 Å². The molecule has 0 radical (unpaired) electrons. The Morgan fingerprint density at radius 2 is 1.73 bits per heavy atom. The summed E-state index contributed by atoms with van der Waals surface area (Å²) in [6.45, 7) is 3.17. The van der Waals surface area contributed by atoms with Crippen molar-refractivity contribution in [3.8, 4) is 0 Å². The van der Waals surface area contributed by atoms with E-state index in [4.69, 9.17) is 5.73 Å². The molecular formula is C21H25N3O4S2. The fourth-order valence-corrected chi connectivity index (χ4v) is 5.41. The van der Waals surface area contributed by atoms with Gasteiger partial charge in [0.15, 0.2) is 0 Å². The Balaban J connectivity index is 1.71. The van der Waals surface area contributed by atoms with E-state index in [-0.39, 0.29) is 16.6 Å². The van der Waals surface area contributed by atoms with Gasteiger partial charge in [-0.05, 0) is 55.2 Å². The first kappa shape index (κ1) is 22.3. The molecule has 0 spiro atoms. The van der Waals surface area contributed by atoms with Crippen molar-refractivity contribution in [2.75, 3.05) is 24.2 Å². The van der Waals surface area contributed by atoms with Gasteiger partial charge in [0, 0.05) is 23.5 Å². The highest BCUT2D eigenvalue weighted by Gasteiger charge is 2.28. The number of nitrogens with two attached hydrogens (primary N) is 1. The lowest BCUT2D eigenvalue weighted by atomic mass is 10.0. The number of carbonyl (C=O) groups is 2. The van der Waals surface area contributed by atoms with Crippen LogP contribution in [0.2, 0.25) is 0 Å². The normalized spacial score (nSPS) is 15.6. The van der Waals surface area contributed by atoms with Gasteiger partial charge in [0.25, 0.3) is 5.91 Å². The van der Waals surface area contributed by atoms with Crippen LogP contribution in [0.25, 0.3) is 0 Å². The minimum absolute atomic E-state index is 0.106. The lowest BCUT2D eigenvalue weighted by Gasteiger charge is -2.29. The lowest BCUT2D eigenvalue weighted by molar-refractivity contribution is -0.115. The molecule has 0 saturated carbocycles. The van der Waals surface area contributed by atoms with Gasteiger partial charge in [0.2, 0.25) is 15.9 Å². The van der Waals surface area contributed by atoms with Gasteiger partial charge in [0.1, 0.15) is 0 Å².